The summed E-state index contributed by atoms with van der Waals surface area (Å²) in [5.74, 6) is -1.03. The number of carboxylic acid groups (broad SMARTS) is 1. The summed E-state index contributed by atoms with van der Waals surface area (Å²) in [4.78, 5) is 23.7. The first-order chi connectivity index (χ1) is 9.67. The van der Waals surface area contributed by atoms with Crippen molar-refractivity contribution in [2.45, 2.75) is 6.54 Å². The van der Waals surface area contributed by atoms with Crippen molar-refractivity contribution in [1.29, 1.82) is 0 Å². The summed E-state index contributed by atoms with van der Waals surface area (Å²) < 4.78 is 0. The van der Waals surface area contributed by atoms with Crippen LogP contribution in [0, 0.1) is 0 Å². The predicted molar refractivity (Wildman–Crippen MR) is 79.2 cm³/mol. The van der Waals surface area contributed by atoms with Crippen LogP contribution in [0.1, 0.15) is 15.5 Å². The van der Waals surface area contributed by atoms with Gasteiger partial charge >= 0.3 is 5.97 Å². The van der Waals surface area contributed by atoms with Crippen molar-refractivity contribution < 1.29 is 9.90 Å². The van der Waals surface area contributed by atoms with Gasteiger partial charge in [0.05, 0.1) is 0 Å². The Kier molecular flexibility index (Phi) is 3.57. The minimum atomic E-state index is -1.03. The van der Waals surface area contributed by atoms with Crippen LogP contribution in [0.5, 0.6) is 0 Å². The van der Waals surface area contributed by atoms with E-state index in [0.29, 0.717) is 17.2 Å². The summed E-state index contributed by atoms with van der Waals surface area (Å²) in [6, 6.07) is 0. The maximum atomic E-state index is 10.8. The van der Waals surface area contributed by atoms with Gasteiger partial charge in [-0.05, 0) is 0 Å². The topological polar surface area (TPSA) is 102 Å². The first-order valence-electron chi connectivity index (χ1n) is 5.47. The van der Waals surface area contributed by atoms with Gasteiger partial charge in [0.2, 0.25) is 0 Å². The molecule has 0 aliphatic rings. The Hall–Kier alpha value is -1.68. The molecule has 3 rings (SSSR count). The minimum absolute atomic E-state index is 0.0404. The van der Waals surface area contributed by atoms with Crippen LogP contribution in [-0.2, 0) is 6.54 Å². The van der Waals surface area contributed by atoms with Crippen molar-refractivity contribution in [3.63, 3.8) is 0 Å². The van der Waals surface area contributed by atoms with Gasteiger partial charge in [-0.25, -0.2) is 19.7 Å². The van der Waals surface area contributed by atoms with Gasteiger partial charge in [-0.1, -0.05) is 0 Å². The SMILES string of the molecule is NCc1nc(-c2nc(-c3nc(C(=O)O)cs3)cs2)cs1. The summed E-state index contributed by atoms with van der Waals surface area (Å²) in [5.41, 5.74) is 7.04. The van der Waals surface area contributed by atoms with Crippen molar-refractivity contribution in [2.24, 2.45) is 5.73 Å². The Balaban J connectivity index is 1.90. The van der Waals surface area contributed by atoms with Crippen LogP contribution in [0.3, 0.4) is 0 Å². The molecule has 0 saturated heterocycles. The molecule has 0 bridgehead atoms. The lowest BCUT2D eigenvalue weighted by Gasteiger charge is -1.89. The number of hydrogen-bond acceptors (Lipinski definition) is 8. The molecule has 3 heterocycles. The molecule has 3 aromatic heterocycles. The number of hydrogen-bond donors (Lipinski definition) is 2. The Morgan fingerprint density at radius 2 is 1.70 bits per heavy atom. The molecular formula is C11H8N4O2S3. The summed E-state index contributed by atoms with van der Waals surface area (Å²) in [6.07, 6.45) is 0. The lowest BCUT2D eigenvalue weighted by Crippen LogP contribution is -1.95. The molecule has 0 spiro atoms. The van der Waals surface area contributed by atoms with Crippen molar-refractivity contribution >= 4 is 40.0 Å². The number of carboxylic acids is 1. The molecule has 0 aliphatic carbocycles. The number of aromatic carboxylic acids is 1. The average Bonchev–Trinajstić information content (AvgIpc) is 3.17. The molecule has 20 heavy (non-hydrogen) atoms. The highest BCUT2D eigenvalue weighted by atomic mass is 32.1. The molecule has 0 radical (unpaired) electrons. The first kappa shape index (κ1) is 13.3. The molecule has 0 amide bonds. The fraction of sp³-hybridized carbons (Fsp3) is 0.0909. The van der Waals surface area contributed by atoms with Gasteiger partial charge in [0, 0.05) is 22.7 Å². The van der Waals surface area contributed by atoms with E-state index in [9.17, 15) is 4.79 Å². The molecule has 0 unspecified atom stereocenters. The Labute approximate surface area is 125 Å². The minimum Gasteiger partial charge on any atom is -0.476 e. The molecule has 0 atom stereocenters. The third kappa shape index (κ3) is 2.48. The Bertz CT molecular complexity index is 761. The van der Waals surface area contributed by atoms with E-state index in [1.54, 1.807) is 0 Å². The second-order valence-electron chi connectivity index (χ2n) is 3.71. The highest BCUT2D eigenvalue weighted by Gasteiger charge is 2.14. The number of carbonyl (C=O) groups is 1. The van der Waals surface area contributed by atoms with Crippen LogP contribution < -0.4 is 5.73 Å². The quantitative estimate of drug-likeness (QED) is 0.764. The summed E-state index contributed by atoms with van der Waals surface area (Å²) >= 11 is 4.21. The van der Waals surface area contributed by atoms with Crippen LogP contribution >= 0.6 is 34.0 Å². The third-order valence-electron chi connectivity index (χ3n) is 2.39. The van der Waals surface area contributed by atoms with Crippen LogP contribution in [-0.4, -0.2) is 26.0 Å². The number of nitrogens with two attached hydrogens (primary N) is 1. The van der Waals surface area contributed by atoms with E-state index in [1.165, 1.54) is 39.4 Å². The summed E-state index contributed by atoms with van der Waals surface area (Å²) in [7, 11) is 0. The maximum absolute atomic E-state index is 10.8. The highest BCUT2D eigenvalue weighted by molar-refractivity contribution is 7.16. The normalized spacial score (nSPS) is 10.8. The van der Waals surface area contributed by atoms with Gasteiger partial charge < -0.3 is 10.8 Å². The summed E-state index contributed by atoms with van der Waals surface area (Å²) in [5, 5.41) is 16.4. The lowest BCUT2D eigenvalue weighted by molar-refractivity contribution is 0.0691. The fourth-order valence-corrected chi connectivity index (χ4v) is 3.81. The van der Waals surface area contributed by atoms with E-state index in [-0.39, 0.29) is 5.69 Å². The zero-order chi connectivity index (χ0) is 14.1. The number of thiazole rings is 3. The van der Waals surface area contributed by atoms with Crippen molar-refractivity contribution in [3.05, 3.63) is 26.8 Å². The fourth-order valence-electron chi connectivity index (χ4n) is 1.48. The molecule has 0 aromatic carbocycles. The molecule has 3 aromatic rings. The van der Waals surface area contributed by atoms with Gasteiger partial charge in [-0.3, -0.25) is 0 Å². The van der Waals surface area contributed by atoms with E-state index in [4.69, 9.17) is 10.8 Å². The van der Waals surface area contributed by atoms with Crippen molar-refractivity contribution in [3.8, 4) is 21.4 Å². The monoisotopic (exact) mass is 324 g/mol. The molecule has 9 heteroatoms. The third-order valence-corrected chi connectivity index (χ3v) is 4.99. The Morgan fingerprint density at radius 1 is 1.05 bits per heavy atom. The predicted octanol–water partition coefficient (Wildman–Crippen LogP) is 2.55. The molecular weight excluding hydrogens is 316 g/mol. The molecule has 3 N–H and O–H groups in total. The highest BCUT2D eigenvalue weighted by Crippen LogP contribution is 2.31. The van der Waals surface area contributed by atoms with Crippen LogP contribution in [0.4, 0.5) is 0 Å². The van der Waals surface area contributed by atoms with Crippen molar-refractivity contribution in [2.75, 3.05) is 0 Å². The van der Waals surface area contributed by atoms with Crippen LogP contribution in [0.15, 0.2) is 16.1 Å². The van der Waals surface area contributed by atoms with Gasteiger partial charge in [-0.15, -0.1) is 34.0 Å². The number of nitrogens with zero attached hydrogens (tertiary/aromatic N) is 3. The van der Waals surface area contributed by atoms with Gasteiger partial charge in [0.25, 0.3) is 0 Å². The largest absolute Gasteiger partial charge is 0.476 e. The van der Waals surface area contributed by atoms with Crippen molar-refractivity contribution in [1.82, 2.24) is 15.0 Å². The van der Waals surface area contributed by atoms with Crippen LogP contribution in [0.2, 0.25) is 0 Å². The Morgan fingerprint density at radius 3 is 2.35 bits per heavy atom. The molecule has 0 aliphatic heterocycles. The molecule has 0 fully saturated rings. The van der Waals surface area contributed by atoms with Gasteiger partial charge in [0.15, 0.2) is 5.69 Å². The molecule has 6 nitrogen and oxygen atoms in total. The second-order valence-corrected chi connectivity index (χ2v) is 6.37. The second kappa shape index (κ2) is 5.37. The van der Waals surface area contributed by atoms with E-state index in [2.05, 4.69) is 15.0 Å². The lowest BCUT2D eigenvalue weighted by atomic mass is 10.4. The first-order valence-corrected chi connectivity index (χ1v) is 8.11. The number of rotatable bonds is 4. The van der Waals surface area contributed by atoms with Crippen LogP contribution in [0.25, 0.3) is 21.4 Å². The molecule has 102 valence electrons. The van der Waals surface area contributed by atoms with Gasteiger partial charge in [-0.2, -0.15) is 0 Å². The average molecular weight is 324 g/mol. The van der Waals surface area contributed by atoms with E-state index in [0.717, 1.165) is 15.7 Å². The summed E-state index contributed by atoms with van der Waals surface area (Å²) in [6.45, 7) is 0.414. The molecule has 0 saturated carbocycles. The zero-order valence-corrected chi connectivity index (χ0v) is 12.4. The van der Waals surface area contributed by atoms with E-state index in [1.807, 2.05) is 10.8 Å². The van der Waals surface area contributed by atoms with E-state index >= 15 is 0 Å². The van der Waals surface area contributed by atoms with Gasteiger partial charge in [0.1, 0.15) is 26.4 Å². The van der Waals surface area contributed by atoms with E-state index < -0.39 is 5.97 Å². The number of aromatic nitrogens is 3. The zero-order valence-electron chi connectivity index (χ0n) is 9.94. The standard InChI is InChI=1S/C11H8N4O2S3/c12-1-8-13-5(2-18-8)9-14-6(3-19-9)10-15-7(4-20-10)11(16)17/h2-4H,1,12H2,(H,16,17). The smallest absolute Gasteiger partial charge is 0.355 e. The maximum Gasteiger partial charge on any atom is 0.355 e.